The van der Waals surface area contributed by atoms with Crippen LogP contribution in [0.3, 0.4) is 0 Å². The largest absolute Gasteiger partial charge is 0.490 e. The van der Waals surface area contributed by atoms with Gasteiger partial charge in [-0.25, -0.2) is 0 Å². The molecule has 152 valence electrons. The van der Waals surface area contributed by atoms with E-state index in [1.807, 2.05) is 48.5 Å². The van der Waals surface area contributed by atoms with Crippen molar-refractivity contribution in [1.29, 1.82) is 0 Å². The molecular formula is C25H30N2O2. The molecule has 0 atom stereocenters. The van der Waals surface area contributed by atoms with E-state index in [2.05, 4.69) is 54.4 Å². The monoisotopic (exact) mass is 390 g/mol. The molecule has 3 rings (SSSR count). The Bertz CT molecular complexity index is 846. The highest BCUT2D eigenvalue weighted by molar-refractivity contribution is 5.55. The number of ether oxygens (including phenoxy) is 2. The zero-order valence-electron chi connectivity index (χ0n) is 17.3. The molecule has 0 fully saturated rings. The summed E-state index contributed by atoms with van der Waals surface area (Å²) in [6, 6.07) is 26.5. The van der Waals surface area contributed by atoms with Crippen LogP contribution in [-0.2, 0) is 6.54 Å². The Balaban J connectivity index is 1.51. The van der Waals surface area contributed by atoms with E-state index in [-0.39, 0.29) is 0 Å². The van der Waals surface area contributed by atoms with Gasteiger partial charge in [0.25, 0.3) is 0 Å². The van der Waals surface area contributed by atoms with E-state index < -0.39 is 0 Å². The van der Waals surface area contributed by atoms with Crippen molar-refractivity contribution in [2.75, 3.05) is 36.5 Å². The van der Waals surface area contributed by atoms with Gasteiger partial charge in [-0.2, -0.15) is 0 Å². The minimum atomic E-state index is 0.504. The summed E-state index contributed by atoms with van der Waals surface area (Å²) in [6.07, 6.45) is 0. The van der Waals surface area contributed by atoms with Crippen molar-refractivity contribution in [2.24, 2.45) is 0 Å². The first-order valence-corrected chi connectivity index (χ1v) is 10.3. The maximum absolute atomic E-state index is 5.96. The highest BCUT2D eigenvalue weighted by Gasteiger charge is 2.05. The van der Waals surface area contributed by atoms with Gasteiger partial charge in [0, 0.05) is 36.6 Å². The third-order valence-corrected chi connectivity index (χ3v) is 4.80. The lowest BCUT2D eigenvalue weighted by Crippen LogP contribution is -2.21. The number of hydrogen-bond acceptors (Lipinski definition) is 4. The second-order valence-electron chi connectivity index (χ2n) is 6.69. The maximum atomic E-state index is 5.96. The lowest BCUT2D eigenvalue weighted by molar-refractivity contribution is 0.216. The topological polar surface area (TPSA) is 33.7 Å². The summed E-state index contributed by atoms with van der Waals surface area (Å²) in [5.41, 5.74) is 3.48. The Morgan fingerprint density at radius 1 is 0.724 bits per heavy atom. The van der Waals surface area contributed by atoms with Gasteiger partial charge in [-0.1, -0.05) is 36.4 Å². The molecular weight excluding hydrogens is 360 g/mol. The van der Waals surface area contributed by atoms with E-state index >= 15 is 0 Å². The van der Waals surface area contributed by atoms with E-state index in [0.29, 0.717) is 19.8 Å². The Morgan fingerprint density at radius 3 is 2.10 bits per heavy atom. The zero-order chi connectivity index (χ0) is 20.3. The van der Waals surface area contributed by atoms with Crippen molar-refractivity contribution in [3.63, 3.8) is 0 Å². The first-order valence-electron chi connectivity index (χ1n) is 10.3. The van der Waals surface area contributed by atoms with Gasteiger partial charge in [-0.05, 0) is 56.3 Å². The number of rotatable bonds is 11. The van der Waals surface area contributed by atoms with Gasteiger partial charge in [0.15, 0.2) is 0 Å². The molecule has 0 unspecified atom stereocenters. The highest BCUT2D eigenvalue weighted by atomic mass is 16.5. The summed E-state index contributed by atoms with van der Waals surface area (Å²) in [7, 11) is 0. The van der Waals surface area contributed by atoms with E-state index in [1.165, 1.54) is 5.69 Å². The molecule has 29 heavy (non-hydrogen) atoms. The first kappa shape index (κ1) is 20.6. The van der Waals surface area contributed by atoms with Crippen LogP contribution < -0.4 is 19.7 Å². The predicted octanol–water partition coefficient (Wildman–Crippen LogP) is 5.60. The van der Waals surface area contributed by atoms with Crippen molar-refractivity contribution >= 4 is 11.4 Å². The molecule has 0 radical (unpaired) electrons. The lowest BCUT2D eigenvalue weighted by Gasteiger charge is -2.21. The van der Waals surface area contributed by atoms with Crippen LogP contribution in [0.15, 0.2) is 78.9 Å². The molecule has 0 aliphatic carbocycles. The maximum Gasteiger partial charge on any atom is 0.124 e. The van der Waals surface area contributed by atoms with Gasteiger partial charge < -0.3 is 19.7 Å². The van der Waals surface area contributed by atoms with Crippen LogP contribution in [0, 0.1) is 0 Å². The van der Waals surface area contributed by atoms with Gasteiger partial charge in [0.05, 0.1) is 0 Å². The fourth-order valence-corrected chi connectivity index (χ4v) is 3.19. The Morgan fingerprint density at radius 2 is 1.38 bits per heavy atom. The normalized spacial score (nSPS) is 10.4. The molecule has 0 aromatic heterocycles. The average Bonchev–Trinajstić information content (AvgIpc) is 2.78. The lowest BCUT2D eigenvalue weighted by atomic mass is 10.2. The SMILES string of the molecule is CCN(CC)c1ccc(NCc2ccccc2OCCOc2ccccc2)cc1. The molecule has 0 heterocycles. The van der Waals surface area contributed by atoms with Crippen molar-refractivity contribution in [2.45, 2.75) is 20.4 Å². The van der Waals surface area contributed by atoms with Crippen LogP contribution >= 0.6 is 0 Å². The van der Waals surface area contributed by atoms with Crippen LogP contribution in [0.2, 0.25) is 0 Å². The zero-order valence-corrected chi connectivity index (χ0v) is 17.3. The summed E-state index contributed by atoms with van der Waals surface area (Å²) in [5, 5.41) is 3.49. The Hall–Kier alpha value is -3.14. The second-order valence-corrected chi connectivity index (χ2v) is 6.69. The highest BCUT2D eigenvalue weighted by Crippen LogP contribution is 2.22. The molecule has 3 aromatic rings. The third-order valence-electron chi connectivity index (χ3n) is 4.80. The van der Waals surface area contributed by atoms with Crippen molar-refractivity contribution in [1.82, 2.24) is 0 Å². The van der Waals surface area contributed by atoms with Gasteiger partial charge in [0.1, 0.15) is 24.7 Å². The number of hydrogen-bond donors (Lipinski definition) is 1. The molecule has 0 spiro atoms. The van der Waals surface area contributed by atoms with Crippen molar-refractivity contribution < 1.29 is 9.47 Å². The van der Waals surface area contributed by atoms with Crippen LogP contribution in [0.25, 0.3) is 0 Å². The third kappa shape index (κ3) is 6.18. The fourth-order valence-electron chi connectivity index (χ4n) is 3.19. The minimum Gasteiger partial charge on any atom is -0.490 e. The minimum absolute atomic E-state index is 0.504. The van der Waals surface area contributed by atoms with Gasteiger partial charge in [-0.3, -0.25) is 0 Å². The number of anilines is 2. The second kappa shape index (κ2) is 11.0. The number of para-hydroxylation sites is 2. The Kier molecular flexibility index (Phi) is 7.81. The first-order chi connectivity index (χ1) is 14.3. The van der Waals surface area contributed by atoms with Crippen molar-refractivity contribution in [3.05, 3.63) is 84.4 Å². The van der Waals surface area contributed by atoms with Gasteiger partial charge in [0.2, 0.25) is 0 Å². The summed E-state index contributed by atoms with van der Waals surface area (Å²) in [5.74, 6) is 1.75. The fraction of sp³-hybridized carbons (Fsp3) is 0.280. The summed E-state index contributed by atoms with van der Waals surface area (Å²) in [4.78, 5) is 2.34. The van der Waals surface area contributed by atoms with E-state index in [9.17, 15) is 0 Å². The van der Waals surface area contributed by atoms with Crippen LogP contribution in [0.1, 0.15) is 19.4 Å². The molecule has 4 nitrogen and oxygen atoms in total. The van der Waals surface area contributed by atoms with Gasteiger partial charge in [-0.15, -0.1) is 0 Å². The van der Waals surface area contributed by atoms with Crippen LogP contribution in [0.5, 0.6) is 11.5 Å². The van der Waals surface area contributed by atoms with Crippen LogP contribution in [-0.4, -0.2) is 26.3 Å². The smallest absolute Gasteiger partial charge is 0.124 e. The summed E-state index contributed by atoms with van der Waals surface area (Å²) < 4.78 is 11.7. The molecule has 1 N–H and O–H groups in total. The quantitative estimate of drug-likeness (QED) is 0.432. The standard InChI is InChI=1S/C25H30N2O2/c1-3-27(4-2)23-16-14-22(15-17-23)26-20-21-10-8-9-13-25(21)29-19-18-28-24-11-6-5-7-12-24/h5-17,26H,3-4,18-20H2,1-2H3. The molecule has 4 heteroatoms. The summed E-state index contributed by atoms with van der Waals surface area (Å²) >= 11 is 0. The van der Waals surface area contributed by atoms with Gasteiger partial charge >= 0.3 is 0 Å². The predicted molar refractivity (Wildman–Crippen MR) is 121 cm³/mol. The number of benzene rings is 3. The van der Waals surface area contributed by atoms with E-state index in [0.717, 1.165) is 35.8 Å². The van der Waals surface area contributed by atoms with Crippen molar-refractivity contribution in [3.8, 4) is 11.5 Å². The molecule has 0 saturated carbocycles. The Labute approximate surface area is 174 Å². The number of nitrogens with one attached hydrogen (secondary N) is 1. The molecule has 0 bridgehead atoms. The van der Waals surface area contributed by atoms with E-state index in [1.54, 1.807) is 0 Å². The average molecular weight is 391 g/mol. The molecule has 0 saturated heterocycles. The molecule has 0 amide bonds. The van der Waals surface area contributed by atoms with E-state index in [4.69, 9.17) is 9.47 Å². The van der Waals surface area contributed by atoms with Crippen LogP contribution in [0.4, 0.5) is 11.4 Å². The summed E-state index contributed by atoms with van der Waals surface area (Å²) in [6.45, 7) is 8.11. The molecule has 0 aliphatic rings. The molecule has 3 aromatic carbocycles. The number of nitrogens with zero attached hydrogens (tertiary/aromatic N) is 1. The molecule has 0 aliphatic heterocycles.